The maximum Gasteiger partial charge on any atom is 0.234 e. The number of carbonyl (C=O) groups excluding carboxylic acids is 1. The zero-order valence-corrected chi connectivity index (χ0v) is 11.7. The van der Waals surface area contributed by atoms with Crippen LogP contribution in [-0.4, -0.2) is 30.4 Å². The van der Waals surface area contributed by atoms with Gasteiger partial charge in [-0.05, 0) is 32.5 Å². The predicted octanol–water partition coefficient (Wildman–Crippen LogP) is 1.24. The Morgan fingerprint density at radius 1 is 1.47 bits per heavy atom. The van der Waals surface area contributed by atoms with E-state index >= 15 is 0 Å². The first-order valence-corrected chi connectivity index (χ1v) is 6.37. The molecule has 4 nitrogen and oxygen atoms in total. The molecule has 1 aromatic rings. The largest absolute Gasteiger partial charge is 0.353 e. The lowest BCUT2D eigenvalue weighted by molar-refractivity contribution is -0.122. The van der Waals surface area contributed by atoms with Crippen LogP contribution in [0.4, 0.5) is 4.39 Å². The highest BCUT2D eigenvalue weighted by Crippen LogP contribution is 2.12. The van der Waals surface area contributed by atoms with Crippen molar-refractivity contribution in [3.8, 4) is 0 Å². The van der Waals surface area contributed by atoms with Crippen LogP contribution in [0.2, 0.25) is 0 Å². The Morgan fingerprint density at radius 2 is 2.16 bits per heavy atom. The molecular formula is C14H22FN3O. The average Bonchev–Trinajstić information content (AvgIpc) is 2.30. The quantitative estimate of drug-likeness (QED) is 0.815. The van der Waals surface area contributed by atoms with Gasteiger partial charge in [0.15, 0.2) is 0 Å². The van der Waals surface area contributed by atoms with Crippen LogP contribution in [-0.2, 0) is 17.9 Å². The standard InChI is InChI=1S/C14H22FN3O/c1-10(2)17-14(19)9-18(3)8-12-5-4-11(7-16)6-13(12)15/h4-6,10H,7-9,16H2,1-3H3,(H,17,19). The van der Waals surface area contributed by atoms with Crippen molar-refractivity contribution < 1.29 is 9.18 Å². The van der Waals surface area contributed by atoms with Crippen molar-refractivity contribution in [1.29, 1.82) is 0 Å². The third kappa shape index (κ3) is 5.36. The van der Waals surface area contributed by atoms with Gasteiger partial charge >= 0.3 is 0 Å². The zero-order valence-electron chi connectivity index (χ0n) is 11.7. The fourth-order valence-corrected chi connectivity index (χ4v) is 1.81. The Morgan fingerprint density at radius 3 is 2.68 bits per heavy atom. The molecule has 19 heavy (non-hydrogen) atoms. The summed E-state index contributed by atoms with van der Waals surface area (Å²) in [6.07, 6.45) is 0. The van der Waals surface area contributed by atoms with Crippen LogP contribution in [0.25, 0.3) is 0 Å². The highest BCUT2D eigenvalue weighted by atomic mass is 19.1. The van der Waals surface area contributed by atoms with Gasteiger partial charge in [0.05, 0.1) is 6.54 Å². The van der Waals surface area contributed by atoms with Crippen molar-refractivity contribution in [2.24, 2.45) is 5.73 Å². The number of hydrogen-bond acceptors (Lipinski definition) is 3. The van der Waals surface area contributed by atoms with E-state index in [0.29, 0.717) is 18.7 Å². The van der Waals surface area contributed by atoms with Crippen molar-refractivity contribution >= 4 is 5.91 Å². The molecule has 0 saturated carbocycles. The van der Waals surface area contributed by atoms with Crippen LogP contribution < -0.4 is 11.1 Å². The van der Waals surface area contributed by atoms with Gasteiger partial charge in [-0.1, -0.05) is 12.1 Å². The second-order valence-corrected chi connectivity index (χ2v) is 5.02. The SMILES string of the molecule is CC(C)NC(=O)CN(C)Cc1ccc(CN)cc1F. The van der Waals surface area contributed by atoms with E-state index in [1.165, 1.54) is 6.07 Å². The van der Waals surface area contributed by atoms with Gasteiger partial charge in [-0.3, -0.25) is 9.69 Å². The van der Waals surface area contributed by atoms with E-state index in [1.807, 2.05) is 13.8 Å². The summed E-state index contributed by atoms with van der Waals surface area (Å²) in [5.41, 5.74) is 6.78. The molecule has 0 aromatic heterocycles. The first kappa shape index (κ1) is 15.6. The third-order valence-electron chi connectivity index (χ3n) is 2.66. The van der Waals surface area contributed by atoms with Gasteiger partial charge < -0.3 is 11.1 Å². The molecule has 0 aliphatic heterocycles. The van der Waals surface area contributed by atoms with E-state index in [9.17, 15) is 9.18 Å². The lowest BCUT2D eigenvalue weighted by Gasteiger charge is -2.18. The maximum absolute atomic E-state index is 13.8. The summed E-state index contributed by atoms with van der Waals surface area (Å²) in [7, 11) is 1.79. The Balaban J connectivity index is 2.57. The fourth-order valence-electron chi connectivity index (χ4n) is 1.81. The topological polar surface area (TPSA) is 58.4 Å². The van der Waals surface area contributed by atoms with E-state index in [2.05, 4.69) is 5.32 Å². The molecule has 0 unspecified atom stereocenters. The molecule has 0 saturated heterocycles. The summed E-state index contributed by atoms with van der Waals surface area (Å²) in [5.74, 6) is -0.337. The Labute approximate surface area is 113 Å². The van der Waals surface area contributed by atoms with Crippen molar-refractivity contribution in [3.05, 3.63) is 35.1 Å². The second kappa shape index (κ2) is 7.21. The Bertz CT molecular complexity index is 435. The summed E-state index contributed by atoms with van der Waals surface area (Å²) < 4.78 is 13.8. The molecule has 0 heterocycles. The monoisotopic (exact) mass is 267 g/mol. The molecule has 3 N–H and O–H groups in total. The predicted molar refractivity (Wildman–Crippen MR) is 73.9 cm³/mol. The number of hydrogen-bond donors (Lipinski definition) is 2. The van der Waals surface area contributed by atoms with E-state index < -0.39 is 0 Å². The average molecular weight is 267 g/mol. The number of nitrogens with two attached hydrogens (primary N) is 1. The third-order valence-corrected chi connectivity index (χ3v) is 2.66. The minimum Gasteiger partial charge on any atom is -0.353 e. The van der Waals surface area contributed by atoms with Gasteiger partial charge in [-0.25, -0.2) is 4.39 Å². The number of likely N-dealkylation sites (N-methyl/N-ethyl adjacent to an activating group) is 1. The summed E-state index contributed by atoms with van der Waals surface area (Å²) in [6.45, 7) is 4.77. The first-order valence-electron chi connectivity index (χ1n) is 6.37. The molecular weight excluding hydrogens is 245 g/mol. The lowest BCUT2D eigenvalue weighted by atomic mass is 10.1. The molecule has 0 atom stereocenters. The van der Waals surface area contributed by atoms with Crippen LogP contribution in [0.15, 0.2) is 18.2 Å². The number of halogens is 1. The van der Waals surface area contributed by atoms with Crippen LogP contribution in [0.1, 0.15) is 25.0 Å². The van der Waals surface area contributed by atoms with Crippen LogP contribution in [0, 0.1) is 5.82 Å². The van der Waals surface area contributed by atoms with E-state index in [1.54, 1.807) is 24.1 Å². The number of benzene rings is 1. The van der Waals surface area contributed by atoms with Crippen LogP contribution in [0.5, 0.6) is 0 Å². The molecule has 0 bridgehead atoms. The van der Waals surface area contributed by atoms with Crippen molar-refractivity contribution in [3.63, 3.8) is 0 Å². The number of amides is 1. The smallest absolute Gasteiger partial charge is 0.234 e. The Kier molecular flexibility index (Phi) is 5.92. The molecule has 1 rings (SSSR count). The molecule has 1 aromatic carbocycles. The summed E-state index contributed by atoms with van der Waals surface area (Å²) >= 11 is 0. The molecule has 5 heteroatoms. The van der Waals surface area contributed by atoms with Crippen LogP contribution >= 0.6 is 0 Å². The van der Waals surface area contributed by atoms with E-state index in [0.717, 1.165) is 5.56 Å². The lowest BCUT2D eigenvalue weighted by Crippen LogP contribution is -2.38. The maximum atomic E-state index is 13.8. The van der Waals surface area contributed by atoms with Crippen molar-refractivity contribution in [2.75, 3.05) is 13.6 Å². The summed E-state index contributed by atoms with van der Waals surface area (Å²) in [6, 6.07) is 5.08. The summed E-state index contributed by atoms with van der Waals surface area (Å²) in [5, 5.41) is 2.80. The van der Waals surface area contributed by atoms with Crippen LogP contribution in [0.3, 0.4) is 0 Å². The van der Waals surface area contributed by atoms with Gasteiger partial charge in [0.25, 0.3) is 0 Å². The number of nitrogens with one attached hydrogen (secondary N) is 1. The highest BCUT2D eigenvalue weighted by Gasteiger charge is 2.10. The van der Waals surface area contributed by atoms with E-state index in [-0.39, 0.29) is 24.3 Å². The van der Waals surface area contributed by atoms with Gasteiger partial charge in [-0.2, -0.15) is 0 Å². The number of rotatable bonds is 6. The minimum absolute atomic E-state index is 0.0588. The molecule has 0 spiro atoms. The fraction of sp³-hybridized carbons (Fsp3) is 0.500. The van der Waals surface area contributed by atoms with Gasteiger partial charge in [-0.15, -0.1) is 0 Å². The molecule has 1 amide bonds. The highest BCUT2D eigenvalue weighted by molar-refractivity contribution is 5.78. The zero-order chi connectivity index (χ0) is 14.4. The molecule has 106 valence electrons. The van der Waals surface area contributed by atoms with Gasteiger partial charge in [0.1, 0.15) is 5.82 Å². The first-order chi connectivity index (χ1) is 8.92. The van der Waals surface area contributed by atoms with E-state index in [4.69, 9.17) is 5.73 Å². The molecule has 0 aliphatic carbocycles. The van der Waals surface area contributed by atoms with Gasteiger partial charge in [0.2, 0.25) is 5.91 Å². The molecule has 0 aliphatic rings. The minimum atomic E-state index is -0.279. The van der Waals surface area contributed by atoms with Crippen molar-refractivity contribution in [1.82, 2.24) is 10.2 Å². The normalized spacial score (nSPS) is 11.1. The second-order valence-electron chi connectivity index (χ2n) is 5.02. The van der Waals surface area contributed by atoms with Gasteiger partial charge in [0, 0.05) is 24.7 Å². The molecule has 0 fully saturated rings. The molecule has 0 radical (unpaired) electrons. The summed E-state index contributed by atoms with van der Waals surface area (Å²) in [4.78, 5) is 13.4. The Hall–Kier alpha value is -1.46. The van der Waals surface area contributed by atoms with Crippen molar-refractivity contribution in [2.45, 2.75) is 33.0 Å². The number of carbonyl (C=O) groups is 1. The number of nitrogens with zero attached hydrogens (tertiary/aromatic N) is 1.